The van der Waals surface area contributed by atoms with E-state index in [1.54, 1.807) is 0 Å². The molecule has 1 saturated heterocycles. The predicted octanol–water partition coefficient (Wildman–Crippen LogP) is -0.339. The molecule has 5 heteroatoms. The molecule has 1 saturated carbocycles. The van der Waals surface area contributed by atoms with Crippen LogP contribution in [0.5, 0.6) is 5.75 Å². The smallest absolute Gasteiger partial charge is 0.152 e. The van der Waals surface area contributed by atoms with Crippen molar-refractivity contribution in [3.8, 4) is 5.75 Å². The van der Waals surface area contributed by atoms with Crippen LogP contribution in [0.4, 0.5) is 0 Å². The summed E-state index contributed by atoms with van der Waals surface area (Å²) in [5.41, 5.74) is 6.43. The number of nitrogens with one attached hydrogen (secondary N) is 1. The van der Waals surface area contributed by atoms with Gasteiger partial charge in [-0.3, -0.25) is 0 Å². The van der Waals surface area contributed by atoms with Crippen molar-refractivity contribution in [1.82, 2.24) is 15.3 Å². The number of hydrogen-bond donors (Lipinski definition) is 3. The molecule has 2 aliphatic rings. The van der Waals surface area contributed by atoms with Gasteiger partial charge in [0.15, 0.2) is 5.75 Å². The maximum absolute atomic E-state index is 9.10. The monoisotopic (exact) mass is 220 g/mol. The van der Waals surface area contributed by atoms with E-state index in [0.29, 0.717) is 11.3 Å². The Labute approximate surface area is 94.1 Å². The fraction of sp³-hybridized carbons (Fsp3) is 0.636. The van der Waals surface area contributed by atoms with Gasteiger partial charge in [0, 0.05) is 24.4 Å². The van der Waals surface area contributed by atoms with Gasteiger partial charge in [-0.05, 0) is 18.9 Å². The molecule has 0 bridgehead atoms. The van der Waals surface area contributed by atoms with Crippen LogP contribution in [0.3, 0.4) is 0 Å². The standard InChI is InChI=1S/C11H16N4O/c12-10-8(11(10)1-2-13-6-11)3-9-14-4-7(16)5-15-9/h4-5,8,10,13,16H,1-3,6,12H2/t8?,10-,11+/m0/s1. The molecule has 2 heterocycles. The maximum atomic E-state index is 9.10. The summed E-state index contributed by atoms with van der Waals surface area (Å²) in [4.78, 5) is 8.22. The molecule has 1 spiro atoms. The highest BCUT2D eigenvalue weighted by Gasteiger charge is 2.63. The van der Waals surface area contributed by atoms with E-state index in [-0.39, 0.29) is 11.8 Å². The van der Waals surface area contributed by atoms with E-state index in [1.165, 1.54) is 12.4 Å². The van der Waals surface area contributed by atoms with Crippen molar-refractivity contribution >= 4 is 0 Å². The molecule has 3 atom stereocenters. The molecule has 0 radical (unpaired) electrons. The molecule has 1 aliphatic heterocycles. The minimum atomic E-state index is 0.112. The second-order valence-corrected chi connectivity index (χ2v) is 4.85. The molecular formula is C11H16N4O. The maximum Gasteiger partial charge on any atom is 0.152 e. The Balaban J connectivity index is 1.70. The molecule has 1 unspecified atom stereocenters. The van der Waals surface area contributed by atoms with Crippen molar-refractivity contribution in [3.63, 3.8) is 0 Å². The summed E-state index contributed by atoms with van der Waals surface area (Å²) < 4.78 is 0. The third-order valence-electron chi connectivity index (χ3n) is 4.04. The van der Waals surface area contributed by atoms with Crippen molar-refractivity contribution in [3.05, 3.63) is 18.2 Å². The van der Waals surface area contributed by atoms with Crippen LogP contribution in [0.1, 0.15) is 12.2 Å². The van der Waals surface area contributed by atoms with E-state index >= 15 is 0 Å². The molecule has 1 aromatic heterocycles. The van der Waals surface area contributed by atoms with E-state index in [2.05, 4.69) is 15.3 Å². The molecule has 86 valence electrons. The zero-order chi connectivity index (χ0) is 11.2. The number of aromatic hydroxyl groups is 1. The summed E-state index contributed by atoms with van der Waals surface area (Å²) in [6.45, 7) is 2.09. The normalized spacial score (nSPS) is 36.8. The number of rotatable bonds is 2. The third-order valence-corrected chi connectivity index (χ3v) is 4.04. The fourth-order valence-corrected chi connectivity index (χ4v) is 2.92. The van der Waals surface area contributed by atoms with E-state index in [4.69, 9.17) is 10.8 Å². The molecule has 4 N–H and O–H groups in total. The molecule has 0 aromatic carbocycles. The molecular weight excluding hydrogens is 204 g/mol. The Hall–Kier alpha value is -1.20. The molecule has 2 fully saturated rings. The van der Waals surface area contributed by atoms with Crippen LogP contribution in [0.2, 0.25) is 0 Å². The Morgan fingerprint density at radius 1 is 1.50 bits per heavy atom. The van der Waals surface area contributed by atoms with Gasteiger partial charge in [-0.1, -0.05) is 0 Å². The van der Waals surface area contributed by atoms with Crippen molar-refractivity contribution in [1.29, 1.82) is 0 Å². The highest BCUT2D eigenvalue weighted by atomic mass is 16.3. The molecule has 3 rings (SSSR count). The van der Waals surface area contributed by atoms with Crippen LogP contribution >= 0.6 is 0 Å². The van der Waals surface area contributed by atoms with Crippen LogP contribution < -0.4 is 11.1 Å². The highest BCUT2D eigenvalue weighted by molar-refractivity contribution is 5.20. The zero-order valence-electron chi connectivity index (χ0n) is 9.06. The number of nitrogens with two attached hydrogens (primary N) is 1. The van der Waals surface area contributed by atoms with Gasteiger partial charge in [-0.25, -0.2) is 9.97 Å². The van der Waals surface area contributed by atoms with Gasteiger partial charge in [0.05, 0.1) is 12.4 Å². The fourth-order valence-electron chi connectivity index (χ4n) is 2.92. The van der Waals surface area contributed by atoms with Crippen LogP contribution in [0.15, 0.2) is 12.4 Å². The van der Waals surface area contributed by atoms with Gasteiger partial charge >= 0.3 is 0 Å². The largest absolute Gasteiger partial charge is 0.505 e. The number of aromatic nitrogens is 2. The van der Waals surface area contributed by atoms with E-state index in [1.807, 2.05) is 0 Å². The average molecular weight is 220 g/mol. The third kappa shape index (κ3) is 1.39. The topological polar surface area (TPSA) is 84.1 Å². The quantitative estimate of drug-likeness (QED) is 0.635. The van der Waals surface area contributed by atoms with Crippen molar-refractivity contribution in [2.45, 2.75) is 18.9 Å². The first-order valence-corrected chi connectivity index (χ1v) is 5.68. The predicted molar refractivity (Wildman–Crippen MR) is 58.8 cm³/mol. The summed E-state index contributed by atoms with van der Waals surface area (Å²) in [6, 6.07) is 0.278. The summed E-state index contributed by atoms with van der Waals surface area (Å²) >= 11 is 0. The molecule has 1 aliphatic carbocycles. The Morgan fingerprint density at radius 2 is 2.25 bits per heavy atom. The Kier molecular flexibility index (Phi) is 2.12. The van der Waals surface area contributed by atoms with Crippen LogP contribution in [-0.2, 0) is 6.42 Å². The lowest BCUT2D eigenvalue weighted by Gasteiger charge is -2.05. The van der Waals surface area contributed by atoms with Gasteiger partial charge in [0.2, 0.25) is 0 Å². The summed E-state index contributed by atoms with van der Waals surface area (Å²) in [6.07, 6.45) is 4.87. The van der Waals surface area contributed by atoms with Crippen molar-refractivity contribution < 1.29 is 5.11 Å². The molecule has 5 nitrogen and oxygen atoms in total. The van der Waals surface area contributed by atoms with E-state index < -0.39 is 0 Å². The van der Waals surface area contributed by atoms with Gasteiger partial charge in [-0.2, -0.15) is 0 Å². The molecule has 0 amide bonds. The van der Waals surface area contributed by atoms with Crippen LogP contribution in [0, 0.1) is 11.3 Å². The second-order valence-electron chi connectivity index (χ2n) is 4.85. The van der Waals surface area contributed by atoms with Gasteiger partial charge in [0.1, 0.15) is 5.82 Å². The number of nitrogens with zero attached hydrogens (tertiary/aromatic N) is 2. The van der Waals surface area contributed by atoms with Crippen LogP contribution in [-0.4, -0.2) is 34.2 Å². The second kappa shape index (κ2) is 3.40. The summed E-state index contributed by atoms with van der Waals surface area (Å²) in [5.74, 6) is 1.38. The number of hydrogen-bond acceptors (Lipinski definition) is 5. The molecule has 16 heavy (non-hydrogen) atoms. The summed E-state index contributed by atoms with van der Waals surface area (Å²) in [7, 11) is 0. The lowest BCUT2D eigenvalue weighted by Crippen LogP contribution is -2.17. The Morgan fingerprint density at radius 3 is 2.88 bits per heavy atom. The van der Waals surface area contributed by atoms with Gasteiger partial charge < -0.3 is 16.2 Å². The van der Waals surface area contributed by atoms with Crippen molar-refractivity contribution in [2.24, 2.45) is 17.1 Å². The minimum absolute atomic E-state index is 0.112. The van der Waals surface area contributed by atoms with Gasteiger partial charge in [-0.15, -0.1) is 0 Å². The molecule has 1 aromatic rings. The SMILES string of the molecule is N[C@H]1C(Cc2ncc(O)cn2)[C@]12CCNC2. The first-order chi connectivity index (χ1) is 7.72. The lowest BCUT2D eigenvalue weighted by atomic mass is 10.0. The zero-order valence-corrected chi connectivity index (χ0v) is 9.06. The highest BCUT2D eigenvalue weighted by Crippen LogP contribution is 2.56. The first kappa shape index (κ1) is 9.99. The summed E-state index contributed by atoms with van der Waals surface area (Å²) in [5, 5.41) is 12.5. The van der Waals surface area contributed by atoms with E-state index in [0.717, 1.165) is 31.8 Å². The van der Waals surface area contributed by atoms with E-state index in [9.17, 15) is 0 Å². The Bertz CT molecular complexity index is 385. The van der Waals surface area contributed by atoms with Crippen LogP contribution in [0.25, 0.3) is 0 Å². The van der Waals surface area contributed by atoms with Gasteiger partial charge in [0.25, 0.3) is 0 Å². The lowest BCUT2D eigenvalue weighted by molar-refractivity contribution is 0.464. The average Bonchev–Trinajstić information content (AvgIpc) is 2.71. The first-order valence-electron chi connectivity index (χ1n) is 5.68. The minimum Gasteiger partial charge on any atom is -0.505 e. The van der Waals surface area contributed by atoms with Crippen molar-refractivity contribution in [2.75, 3.05) is 13.1 Å².